The van der Waals surface area contributed by atoms with Gasteiger partial charge in [-0.15, -0.1) is 0 Å². The summed E-state index contributed by atoms with van der Waals surface area (Å²) in [6.45, 7) is 0.885. The van der Waals surface area contributed by atoms with Crippen LogP contribution >= 0.6 is 0 Å². The van der Waals surface area contributed by atoms with Gasteiger partial charge in [-0.1, -0.05) is 0 Å². The van der Waals surface area contributed by atoms with Crippen LogP contribution in [-0.4, -0.2) is 48.7 Å². The second kappa shape index (κ2) is 6.71. The molecule has 19 heavy (non-hydrogen) atoms. The predicted molar refractivity (Wildman–Crippen MR) is 55.2 cm³/mol. The van der Waals surface area contributed by atoms with E-state index < -0.39 is 30.4 Å². The SMILES string of the molecule is O=C(O)C(CCCC1OCCO1)NC(=O)C(F)(F)F. The fourth-order valence-electron chi connectivity index (χ4n) is 1.56. The lowest BCUT2D eigenvalue weighted by Crippen LogP contribution is -2.46. The number of carbonyl (C=O) groups excluding carboxylic acids is 1. The van der Waals surface area contributed by atoms with Crippen LogP contribution in [-0.2, 0) is 19.1 Å². The molecule has 1 aliphatic rings. The van der Waals surface area contributed by atoms with E-state index in [0.717, 1.165) is 0 Å². The Morgan fingerprint density at radius 2 is 1.89 bits per heavy atom. The third-order valence-electron chi connectivity index (χ3n) is 2.48. The van der Waals surface area contributed by atoms with Crippen molar-refractivity contribution in [3.8, 4) is 0 Å². The summed E-state index contributed by atoms with van der Waals surface area (Å²) >= 11 is 0. The first kappa shape index (κ1) is 15.7. The molecule has 6 nitrogen and oxygen atoms in total. The molecule has 1 aliphatic heterocycles. The standard InChI is InChI=1S/C10H14F3NO5/c11-10(12,13)9(17)14-6(8(15)16)2-1-3-7-18-4-5-19-7/h6-7H,1-5H2,(H,14,17)(H,15,16). The molecule has 1 heterocycles. The van der Waals surface area contributed by atoms with Gasteiger partial charge < -0.3 is 19.9 Å². The summed E-state index contributed by atoms with van der Waals surface area (Å²) in [5.74, 6) is -3.76. The Hall–Kier alpha value is -1.35. The van der Waals surface area contributed by atoms with E-state index in [-0.39, 0.29) is 12.8 Å². The van der Waals surface area contributed by atoms with E-state index in [2.05, 4.69) is 0 Å². The van der Waals surface area contributed by atoms with E-state index in [0.29, 0.717) is 19.6 Å². The Balaban J connectivity index is 2.35. The lowest BCUT2D eigenvalue weighted by atomic mass is 10.1. The van der Waals surface area contributed by atoms with Crippen LogP contribution < -0.4 is 5.32 Å². The van der Waals surface area contributed by atoms with E-state index in [1.807, 2.05) is 0 Å². The molecule has 110 valence electrons. The molecule has 0 aromatic carbocycles. The van der Waals surface area contributed by atoms with Crippen molar-refractivity contribution in [3.05, 3.63) is 0 Å². The number of carboxylic acids is 1. The van der Waals surface area contributed by atoms with Crippen LogP contribution in [0.1, 0.15) is 19.3 Å². The normalized spacial score (nSPS) is 18.3. The minimum atomic E-state index is -5.09. The van der Waals surface area contributed by atoms with E-state index in [9.17, 15) is 22.8 Å². The summed E-state index contributed by atoms with van der Waals surface area (Å²) in [4.78, 5) is 21.4. The first-order valence-electron chi connectivity index (χ1n) is 5.64. The van der Waals surface area contributed by atoms with Crippen molar-refractivity contribution in [1.82, 2.24) is 5.32 Å². The van der Waals surface area contributed by atoms with Crippen LogP contribution in [0, 0.1) is 0 Å². The van der Waals surface area contributed by atoms with Gasteiger partial charge in [0.05, 0.1) is 13.2 Å². The number of hydrogen-bond donors (Lipinski definition) is 2. The van der Waals surface area contributed by atoms with Crippen molar-refractivity contribution in [3.63, 3.8) is 0 Å². The van der Waals surface area contributed by atoms with Crippen LogP contribution in [0.5, 0.6) is 0 Å². The summed E-state index contributed by atoms with van der Waals surface area (Å²) in [6, 6.07) is -1.57. The van der Waals surface area contributed by atoms with E-state index in [1.165, 1.54) is 5.32 Å². The quantitative estimate of drug-likeness (QED) is 0.749. The third kappa shape index (κ3) is 5.43. The summed E-state index contributed by atoms with van der Waals surface area (Å²) in [5, 5.41) is 10.2. The molecule has 1 saturated heterocycles. The highest BCUT2D eigenvalue weighted by Gasteiger charge is 2.40. The second-order valence-corrected chi connectivity index (χ2v) is 3.96. The third-order valence-corrected chi connectivity index (χ3v) is 2.48. The van der Waals surface area contributed by atoms with Crippen molar-refractivity contribution in [1.29, 1.82) is 0 Å². The number of carbonyl (C=O) groups is 2. The first-order chi connectivity index (χ1) is 8.80. The number of halogens is 3. The smallest absolute Gasteiger partial charge is 0.471 e. The minimum Gasteiger partial charge on any atom is -0.480 e. The van der Waals surface area contributed by atoms with Gasteiger partial charge in [0.1, 0.15) is 6.04 Å². The zero-order valence-electron chi connectivity index (χ0n) is 9.90. The Morgan fingerprint density at radius 1 is 1.32 bits per heavy atom. The number of alkyl halides is 3. The van der Waals surface area contributed by atoms with Gasteiger partial charge in [0.15, 0.2) is 6.29 Å². The van der Waals surface area contributed by atoms with Crippen molar-refractivity contribution in [2.24, 2.45) is 0 Å². The van der Waals surface area contributed by atoms with Gasteiger partial charge >= 0.3 is 18.1 Å². The molecule has 9 heteroatoms. The monoisotopic (exact) mass is 285 g/mol. The van der Waals surface area contributed by atoms with Gasteiger partial charge in [-0.05, 0) is 19.3 Å². The summed E-state index contributed by atoms with van der Waals surface area (Å²) in [5.41, 5.74) is 0. The lowest BCUT2D eigenvalue weighted by Gasteiger charge is -2.16. The summed E-state index contributed by atoms with van der Waals surface area (Å²) < 4.78 is 46.2. The van der Waals surface area contributed by atoms with Gasteiger partial charge in [-0.2, -0.15) is 13.2 Å². The average molecular weight is 285 g/mol. The number of nitrogens with one attached hydrogen (secondary N) is 1. The second-order valence-electron chi connectivity index (χ2n) is 3.96. The molecule has 0 aromatic rings. The van der Waals surface area contributed by atoms with Crippen LogP contribution in [0.25, 0.3) is 0 Å². The first-order valence-corrected chi connectivity index (χ1v) is 5.64. The molecule has 1 rings (SSSR count). The van der Waals surface area contributed by atoms with Crippen LogP contribution in [0.3, 0.4) is 0 Å². The number of hydrogen-bond acceptors (Lipinski definition) is 4. The van der Waals surface area contributed by atoms with Crippen molar-refractivity contribution < 1.29 is 37.3 Å². The predicted octanol–water partition coefficient (Wildman–Crippen LogP) is 0.661. The molecular formula is C10H14F3NO5. The molecule has 1 fully saturated rings. The summed E-state index contributed by atoms with van der Waals surface area (Å²) in [7, 11) is 0. The molecule has 2 N–H and O–H groups in total. The van der Waals surface area contributed by atoms with E-state index in [4.69, 9.17) is 14.6 Å². The van der Waals surface area contributed by atoms with Crippen molar-refractivity contribution in [2.75, 3.05) is 13.2 Å². The summed E-state index contributed by atoms with van der Waals surface area (Å²) in [6.07, 6.45) is -5.04. The van der Waals surface area contributed by atoms with Gasteiger partial charge in [-0.25, -0.2) is 4.79 Å². The zero-order valence-corrected chi connectivity index (χ0v) is 9.90. The topological polar surface area (TPSA) is 84.9 Å². The Kier molecular flexibility index (Phi) is 5.55. The maximum Gasteiger partial charge on any atom is 0.471 e. The fourth-order valence-corrected chi connectivity index (χ4v) is 1.56. The Bertz CT molecular complexity index is 328. The molecule has 1 unspecified atom stereocenters. The van der Waals surface area contributed by atoms with Gasteiger partial charge in [-0.3, -0.25) is 4.79 Å². The number of ether oxygens (including phenoxy) is 2. The van der Waals surface area contributed by atoms with Gasteiger partial charge in [0.25, 0.3) is 0 Å². The maximum atomic E-state index is 12.0. The highest BCUT2D eigenvalue weighted by molar-refractivity contribution is 5.86. The molecular weight excluding hydrogens is 271 g/mol. The fraction of sp³-hybridized carbons (Fsp3) is 0.800. The molecule has 0 radical (unpaired) electrons. The van der Waals surface area contributed by atoms with Crippen molar-refractivity contribution >= 4 is 11.9 Å². The van der Waals surface area contributed by atoms with Crippen LogP contribution in [0.4, 0.5) is 13.2 Å². The minimum absolute atomic E-state index is 0.125. The van der Waals surface area contributed by atoms with E-state index >= 15 is 0 Å². The highest BCUT2D eigenvalue weighted by atomic mass is 19.4. The number of carboxylic acid groups (broad SMARTS) is 1. The Morgan fingerprint density at radius 3 is 2.37 bits per heavy atom. The Labute approximate surface area is 106 Å². The molecule has 0 aliphatic carbocycles. The molecule has 1 amide bonds. The maximum absolute atomic E-state index is 12.0. The van der Waals surface area contributed by atoms with Crippen LogP contribution in [0.15, 0.2) is 0 Å². The molecule has 0 aromatic heterocycles. The average Bonchev–Trinajstić information content (AvgIpc) is 2.78. The zero-order chi connectivity index (χ0) is 14.5. The van der Waals surface area contributed by atoms with Gasteiger partial charge in [0.2, 0.25) is 0 Å². The number of aliphatic carboxylic acids is 1. The number of rotatable bonds is 6. The van der Waals surface area contributed by atoms with E-state index in [1.54, 1.807) is 0 Å². The molecule has 0 saturated carbocycles. The molecule has 0 spiro atoms. The number of amides is 1. The highest BCUT2D eigenvalue weighted by Crippen LogP contribution is 2.16. The largest absolute Gasteiger partial charge is 0.480 e. The van der Waals surface area contributed by atoms with Gasteiger partial charge in [0, 0.05) is 0 Å². The van der Waals surface area contributed by atoms with Crippen LogP contribution in [0.2, 0.25) is 0 Å². The lowest BCUT2D eigenvalue weighted by molar-refractivity contribution is -0.175. The molecule has 1 atom stereocenters. The van der Waals surface area contributed by atoms with Crippen molar-refractivity contribution in [2.45, 2.75) is 37.8 Å². The molecule has 0 bridgehead atoms.